The zero-order chi connectivity index (χ0) is 15.0. The molecule has 2 aromatic heterocycles. The lowest BCUT2D eigenvalue weighted by Gasteiger charge is -2.06. The van der Waals surface area contributed by atoms with E-state index in [1.54, 1.807) is 13.0 Å². The number of aryl methyl sites for hydroxylation is 1. The fourth-order valence-electron chi connectivity index (χ4n) is 2.35. The predicted octanol–water partition coefficient (Wildman–Crippen LogP) is 2.12. The molecule has 0 fully saturated rings. The first-order chi connectivity index (χ1) is 10.0. The number of hydrogen-bond donors (Lipinski definition) is 2. The van der Waals surface area contributed by atoms with E-state index < -0.39 is 5.56 Å². The fourth-order valence-corrected chi connectivity index (χ4v) is 2.96. The molecule has 0 atom stereocenters. The Morgan fingerprint density at radius 2 is 2.00 bits per heavy atom. The maximum atomic E-state index is 12.0. The number of rotatable bonds is 2. The van der Waals surface area contributed by atoms with Crippen LogP contribution in [0.1, 0.15) is 17.0 Å². The van der Waals surface area contributed by atoms with E-state index in [4.69, 9.17) is 0 Å². The summed E-state index contributed by atoms with van der Waals surface area (Å²) in [5.41, 5.74) is 1.65. The van der Waals surface area contributed by atoms with E-state index in [1.165, 1.54) is 0 Å². The van der Waals surface area contributed by atoms with Crippen molar-refractivity contribution in [3.05, 3.63) is 71.6 Å². The third kappa shape index (κ3) is 2.76. The quantitative estimate of drug-likeness (QED) is 0.655. The molecule has 0 saturated heterocycles. The summed E-state index contributed by atoms with van der Waals surface area (Å²) in [6.07, 6.45) is 0.563. The maximum absolute atomic E-state index is 12.0. The van der Waals surface area contributed by atoms with Gasteiger partial charge >= 0.3 is 0 Å². The van der Waals surface area contributed by atoms with Crippen molar-refractivity contribution in [2.24, 2.45) is 0 Å². The van der Waals surface area contributed by atoms with Crippen LogP contribution in [0.2, 0.25) is 0 Å². The van der Waals surface area contributed by atoms with E-state index in [9.17, 15) is 9.59 Å². The largest absolute Gasteiger partial charge is 0.326 e. The molecule has 0 aliphatic rings. The molecule has 21 heavy (non-hydrogen) atoms. The third-order valence-corrected chi connectivity index (χ3v) is 3.93. The lowest BCUT2D eigenvalue weighted by molar-refractivity contribution is 0.928. The Hall–Kier alpha value is -1.96. The first-order valence-electron chi connectivity index (χ1n) is 6.40. The molecular formula is C15H12IN3O2. The van der Waals surface area contributed by atoms with E-state index in [-0.39, 0.29) is 10.9 Å². The average molecular weight is 393 g/mol. The Balaban J connectivity index is 2.22. The van der Waals surface area contributed by atoms with Crippen molar-refractivity contribution >= 4 is 33.4 Å². The first-order valence-corrected chi connectivity index (χ1v) is 7.48. The predicted molar refractivity (Wildman–Crippen MR) is 89.7 cm³/mol. The fraction of sp³-hybridized carbons (Fsp3) is 0.133. The molecule has 3 aromatic rings. The number of hydrogen-bond acceptors (Lipinski definition) is 3. The van der Waals surface area contributed by atoms with Gasteiger partial charge in [-0.3, -0.25) is 9.59 Å². The smallest absolute Gasteiger partial charge is 0.277 e. The second-order valence-corrected chi connectivity index (χ2v) is 6.12. The molecule has 0 aliphatic heterocycles. The second-order valence-electron chi connectivity index (χ2n) is 4.88. The highest BCUT2D eigenvalue weighted by atomic mass is 127. The van der Waals surface area contributed by atoms with E-state index in [0.717, 1.165) is 9.13 Å². The molecule has 0 radical (unpaired) electrons. The van der Waals surface area contributed by atoms with Crippen molar-refractivity contribution in [1.82, 2.24) is 15.2 Å². The van der Waals surface area contributed by atoms with Crippen LogP contribution in [0, 0.1) is 10.5 Å². The van der Waals surface area contributed by atoms with Gasteiger partial charge in [0.25, 0.3) is 11.1 Å². The summed E-state index contributed by atoms with van der Waals surface area (Å²) >= 11 is 2.25. The SMILES string of the molecule is Cc1cc2c(Cc3cccc(I)c3)n[nH]c(=O)c2c(=O)[nH]1. The van der Waals surface area contributed by atoms with Gasteiger partial charge in [-0.1, -0.05) is 12.1 Å². The van der Waals surface area contributed by atoms with E-state index >= 15 is 0 Å². The highest BCUT2D eigenvalue weighted by molar-refractivity contribution is 14.1. The molecule has 2 N–H and O–H groups in total. The van der Waals surface area contributed by atoms with Crippen LogP contribution in [0.15, 0.2) is 39.9 Å². The molecular weight excluding hydrogens is 381 g/mol. The van der Waals surface area contributed by atoms with Gasteiger partial charge in [0.05, 0.1) is 5.69 Å². The number of aromatic nitrogens is 3. The minimum atomic E-state index is -0.461. The normalized spacial score (nSPS) is 11.0. The van der Waals surface area contributed by atoms with Crippen LogP contribution in [0.25, 0.3) is 10.8 Å². The summed E-state index contributed by atoms with van der Waals surface area (Å²) in [5.74, 6) is 0. The number of halogens is 1. The van der Waals surface area contributed by atoms with Crippen LogP contribution >= 0.6 is 22.6 Å². The van der Waals surface area contributed by atoms with Crippen molar-refractivity contribution in [3.63, 3.8) is 0 Å². The Kier molecular flexibility index (Phi) is 3.62. The van der Waals surface area contributed by atoms with E-state index in [2.05, 4.69) is 43.8 Å². The molecule has 3 rings (SSSR count). The number of pyridine rings is 1. The van der Waals surface area contributed by atoms with Crippen LogP contribution in [0.4, 0.5) is 0 Å². The molecule has 5 nitrogen and oxygen atoms in total. The van der Waals surface area contributed by atoms with Crippen LogP contribution in [0.5, 0.6) is 0 Å². The van der Waals surface area contributed by atoms with Gasteiger partial charge < -0.3 is 4.98 Å². The molecule has 2 heterocycles. The van der Waals surface area contributed by atoms with Gasteiger partial charge in [0.15, 0.2) is 0 Å². The Morgan fingerprint density at radius 3 is 2.76 bits per heavy atom. The highest BCUT2D eigenvalue weighted by Gasteiger charge is 2.11. The lowest BCUT2D eigenvalue weighted by atomic mass is 10.1. The number of H-pyrrole nitrogens is 2. The summed E-state index contributed by atoms with van der Waals surface area (Å²) in [4.78, 5) is 26.5. The van der Waals surface area contributed by atoms with Gasteiger partial charge in [-0.05, 0) is 53.3 Å². The average Bonchev–Trinajstić information content (AvgIpc) is 2.41. The van der Waals surface area contributed by atoms with Crippen LogP contribution in [-0.2, 0) is 6.42 Å². The topological polar surface area (TPSA) is 78.6 Å². The zero-order valence-corrected chi connectivity index (χ0v) is 13.4. The summed E-state index contributed by atoms with van der Waals surface area (Å²) in [6, 6.07) is 9.84. The number of fused-ring (bicyclic) bond motifs is 1. The Labute approximate surface area is 133 Å². The maximum Gasteiger partial charge on any atom is 0.277 e. The van der Waals surface area contributed by atoms with Gasteiger partial charge in [0.1, 0.15) is 5.39 Å². The number of nitrogens with zero attached hydrogens (tertiary/aromatic N) is 1. The molecule has 6 heteroatoms. The Morgan fingerprint density at radius 1 is 1.19 bits per heavy atom. The molecule has 0 amide bonds. The molecule has 0 bridgehead atoms. The summed E-state index contributed by atoms with van der Waals surface area (Å²) in [5, 5.41) is 7.28. The van der Waals surface area contributed by atoms with E-state index in [0.29, 0.717) is 23.2 Å². The highest BCUT2D eigenvalue weighted by Crippen LogP contribution is 2.16. The number of benzene rings is 1. The van der Waals surface area contributed by atoms with Crippen LogP contribution < -0.4 is 11.1 Å². The molecule has 106 valence electrons. The molecule has 0 spiro atoms. The molecule has 0 unspecified atom stereocenters. The van der Waals surface area contributed by atoms with Crippen molar-refractivity contribution in [1.29, 1.82) is 0 Å². The standard InChI is InChI=1S/C15H12IN3O2/c1-8-5-11-12(7-9-3-2-4-10(16)6-9)18-19-15(21)13(11)14(20)17-8/h2-6H,7H2,1H3,(H,17,20)(H,19,21). The van der Waals surface area contributed by atoms with Gasteiger partial charge in [-0.25, -0.2) is 5.10 Å². The number of nitrogens with one attached hydrogen (secondary N) is 2. The van der Waals surface area contributed by atoms with Crippen molar-refractivity contribution < 1.29 is 0 Å². The number of aromatic amines is 2. The zero-order valence-electron chi connectivity index (χ0n) is 11.2. The monoisotopic (exact) mass is 393 g/mol. The first kappa shape index (κ1) is 14.0. The van der Waals surface area contributed by atoms with Crippen molar-refractivity contribution in [2.75, 3.05) is 0 Å². The molecule has 1 aromatic carbocycles. The second kappa shape index (κ2) is 5.44. The third-order valence-electron chi connectivity index (χ3n) is 3.26. The van der Waals surface area contributed by atoms with Gasteiger partial charge in [-0.2, -0.15) is 5.10 Å². The molecule has 0 saturated carbocycles. The summed E-state index contributed by atoms with van der Waals surface area (Å²) < 4.78 is 1.13. The minimum absolute atomic E-state index is 0.135. The van der Waals surface area contributed by atoms with Crippen LogP contribution in [-0.4, -0.2) is 15.2 Å². The lowest BCUT2D eigenvalue weighted by Crippen LogP contribution is -2.21. The van der Waals surface area contributed by atoms with Crippen molar-refractivity contribution in [3.8, 4) is 0 Å². The summed E-state index contributed by atoms with van der Waals surface area (Å²) in [7, 11) is 0. The van der Waals surface area contributed by atoms with Crippen LogP contribution in [0.3, 0.4) is 0 Å². The van der Waals surface area contributed by atoms with Gasteiger partial charge in [0, 0.05) is 21.1 Å². The van der Waals surface area contributed by atoms with Gasteiger partial charge in [0.2, 0.25) is 0 Å². The van der Waals surface area contributed by atoms with E-state index in [1.807, 2.05) is 18.2 Å². The van der Waals surface area contributed by atoms with Gasteiger partial charge in [-0.15, -0.1) is 0 Å². The minimum Gasteiger partial charge on any atom is -0.326 e. The van der Waals surface area contributed by atoms with Crippen molar-refractivity contribution in [2.45, 2.75) is 13.3 Å². The Bertz CT molecular complexity index is 944. The molecule has 0 aliphatic carbocycles. The summed E-state index contributed by atoms with van der Waals surface area (Å²) in [6.45, 7) is 1.79.